The van der Waals surface area contributed by atoms with Gasteiger partial charge in [0, 0.05) is 11.3 Å². The van der Waals surface area contributed by atoms with Crippen molar-refractivity contribution in [3.63, 3.8) is 0 Å². The number of nitrogens with zero attached hydrogens (tertiary/aromatic N) is 3. The van der Waals surface area contributed by atoms with Gasteiger partial charge in [-0.15, -0.1) is 0 Å². The first-order chi connectivity index (χ1) is 15.1. The first-order valence-electron chi connectivity index (χ1n) is 9.76. The Morgan fingerprint density at radius 3 is 2.38 bits per heavy atom. The van der Waals surface area contributed by atoms with Crippen molar-refractivity contribution in [2.75, 3.05) is 30.0 Å². The molecule has 1 aromatic heterocycles. The summed E-state index contributed by atoms with van der Waals surface area (Å²) in [4.78, 5) is 29.0. The molecule has 0 aliphatic carbocycles. The first kappa shape index (κ1) is 25.8. The van der Waals surface area contributed by atoms with Gasteiger partial charge in [-0.25, -0.2) is 13.9 Å². The van der Waals surface area contributed by atoms with Crippen LogP contribution >= 0.6 is 11.8 Å². The van der Waals surface area contributed by atoms with Crippen molar-refractivity contribution in [1.82, 2.24) is 20.4 Å². The van der Waals surface area contributed by atoms with E-state index in [2.05, 4.69) is 35.3 Å². The third kappa shape index (κ3) is 8.94. The van der Waals surface area contributed by atoms with Gasteiger partial charge in [0.2, 0.25) is 21.9 Å². The normalized spacial score (nSPS) is 12.4. The summed E-state index contributed by atoms with van der Waals surface area (Å²) >= 11 is 1.28. The minimum Gasteiger partial charge on any atom is -0.394 e. The maximum atomic E-state index is 11.8. The number of thioether (sulfide) groups is 1. The summed E-state index contributed by atoms with van der Waals surface area (Å²) in [5, 5.41) is 13.0. The molecule has 1 amide bonds. The van der Waals surface area contributed by atoms with Crippen LogP contribution in [0.1, 0.15) is 36.2 Å². The largest absolute Gasteiger partial charge is 0.394 e. The van der Waals surface area contributed by atoms with Crippen molar-refractivity contribution in [3.8, 4) is 0 Å². The molecule has 0 saturated heterocycles. The second-order valence-corrected chi connectivity index (χ2v) is 10.1. The molecular weight excluding hydrogens is 456 g/mol. The zero-order valence-electron chi connectivity index (χ0n) is 18.3. The number of carbonyl (C=O) groups excluding carboxylic acids is 1. The Kier molecular flexibility index (Phi) is 9.62. The minimum absolute atomic E-state index is 0.111. The quantitative estimate of drug-likeness (QED) is 0.258. The van der Waals surface area contributed by atoms with E-state index in [0.29, 0.717) is 28.8 Å². The summed E-state index contributed by atoms with van der Waals surface area (Å²) in [6.45, 7) is 3.93. The molecule has 1 atom stereocenters. The van der Waals surface area contributed by atoms with Crippen LogP contribution in [0.2, 0.25) is 0 Å². The SMILES string of the molecule is CONC(=O)c1ccc(CSc2nc(N[C@@H](CO)CC(C)C)nc(NS(C)(=O)=O)n2)cc1. The molecule has 0 saturated carbocycles. The molecule has 0 aliphatic rings. The van der Waals surface area contributed by atoms with Crippen LogP contribution in [0.4, 0.5) is 11.9 Å². The summed E-state index contributed by atoms with van der Waals surface area (Å²) in [6.07, 6.45) is 1.69. The second kappa shape index (κ2) is 11.9. The predicted molar refractivity (Wildman–Crippen MR) is 123 cm³/mol. The molecule has 13 heteroatoms. The molecule has 0 radical (unpaired) electrons. The third-order valence-corrected chi connectivity index (χ3v) is 5.45. The molecule has 0 bridgehead atoms. The van der Waals surface area contributed by atoms with Gasteiger partial charge in [0.25, 0.3) is 5.91 Å². The molecule has 11 nitrogen and oxygen atoms in total. The van der Waals surface area contributed by atoms with Gasteiger partial charge in [0.1, 0.15) is 0 Å². The summed E-state index contributed by atoms with van der Waals surface area (Å²) in [5.74, 6) is 0.512. The number of amides is 1. The van der Waals surface area contributed by atoms with E-state index >= 15 is 0 Å². The number of anilines is 2. The highest BCUT2D eigenvalue weighted by Gasteiger charge is 2.15. The van der Waals surface area contributed by atoms with Gasteiger partial charge >= 0.3 is 0 Å². The number of aromatic nitrogens is 3. The van der Waals surface area contributed by atoms with Crippen molar-refractivity contribution >= 4 is 39.6 Å². The number of aliphatic hydroxyl groups excluding tert-OH is 1. The molecule has 176 valence electrons. The van der Waals surface area contributed by atoms with E-state index in [-0.39, 0.29) is 30.5 Å². The number of benzene rings is 1. The number of rotatable bonds is 12. The number of hydrogen-bond acceptors (Lipinski definition) is 10. The van der Waals surface area contributed by atoms with Crippen LogP contribution in [0.3, 0.4) is 0 Å². The van der Waals surface area contributed by atoms with E-state index in [0.717, 1.165) is 11.8 Å². The molecule has 1 aromatic carbocycles. The van der Waals surface area contributed by atoms with Crippen molar-refractivity contribution in [2.24, 2.45) is 5.92 Å². The van der Waals surface area contributed by atoms with E-state index in [4.69, 9.17) is 0 Å². The fourth-order valence-corrected chi connectivity index (χ4v) is 3.89. The lowest BCUT2D eigenvalue weighted by Crippen LogP contribution is -2.27. The van der Waals surface area contributed by atoms with Gasteiger partial charge in [-0.3, -0.25) is 14.4 Å². The van der Waals surface area contributed by atoms with E-state index in [1.165, 1.54) is 18.9 Å². The Balaban J connectivity index is 2.18. The zero-order chi connectivity index (χ0) is 23.7. The molecule has 4 N–H and O–H groups in total. The first-order valence-corrected chi connectivity index (χ1v) is 12.6. The van der Waals surface area contributed by atoms with Gasteiger partial charge in [-0.2, -0.15) is 15.0 Å². The Labute approximate surface area is 191 Å². The number of sulfonamides is 1. The van der Waals surface area contributed by atoms with Crippen molar-refractivity contribution in [1.29, 1.82) is 0 Å². The summed E-state index contributed by atoms with van der Waals surface area (Å²) in [6, 6.07) is 6.63. The second-order valence-electron chi connectivity index (χ2n) is 7.41. The van der Waals surface area contributed by atoms with Crippen LogP contribution in [0.15, 0.2) is 29.4 Å². The number of hydroxylamine groups is 1. The molecule has 0 aliphatic heterocycles. The average Bonchev–Trinajstić information content (AvgIpc) is 2.70. The molecule has 1 heterocycles. The summed E-state index contributed by atoms with van der Waals surface area (Å²) in [7, 11) is -2.23. The standard InChI is InChI=1S/C19H28N6O5S2/c1-12(2)9-15(10-26)20-17-21-18(25-32(4,28)29)23-19(22-17)31-11-13-5-7-14(8-6-13)16(27)24-30-3/h5-8,12,15,26H,9-11H2,1-4H3,(H,24,27)(H2,20,21,22,23,25)/t15-/m1/s1. The lowest BCUT2D eigenvalue weighted by molar-refractivity contribution is 0.0537. The van der Waals surface area contributed by atoms with Crippen molar-refractivity contribution < 1.29 is 23.2 Å². The van der Waals surface area contributed by atoms with E-state index in [9.17, 15) is 18.3 Å². The van der Waals surface area contributed by atoms with Gasteiger partial charge in [0.15, 0.2) is 5.16 Å². The highest BCUT2D eigenvalue weighted by molar-refractivity contribution is 7.98. The number of hydrogen-bond donors (Lipinski definition) is 4. The summed E-state index contributed by atoms with van der Waals surface area (Å²) in [5.41, 5.74) is 3.61. The lowest BCUT2D eigenvalue weighted by Gasteiger charge is -2.18. The van der Waals surface area contributed by atoms with Crippen LogP contribution < -0.4 is 15.5 Å². The number of nitrogens with one attached hydrogen (secondary N) is 3. The highest BCUT2D eigenvalue weighted by Crippen LogP contribution is 2.22. The predicted octanol–water partition coefficient (Wildman–Crippen LogP) is 1.65. The maximum absolute atomic E-state index is 11.8. The van der Waals surface area contributed by atoms with Crippen molar-refractivity contribution in [3.05, 3.63) is 35.4 Å². The van der Waals surface area contributed by atoms with E-state index in [1.54, 1.807) is 24.3 Å². The monoisotopic (exact) mass is 484 g/mol. The minimum atomic E-state index is -3.59. The topological polar surface area (TPSA) is 155 Å². The number of carbonyl (C=O) groups is 1. The van der Waals surface area contributed by atoms with Crippen LogP contribution in [0.5, 0.6) is 0 Å². The fourth-order valence-electron chi connectivity index (χ4n) is 2.68. The van der Waals surface area contributed by atoms with Gasteiger partial charge in [0.05, 0.1) is 26.0 Å². The smallest absolute Gasteiger partial charge is 0.274 e. The molecule has 32 heavy (non-hydrogen) atoms. The molecule has 2 aromatic rings. The van der Waals surface area contributed by atoms with Gasteiger partial charge in [-0.1, -0.05) is 37.7 Å². The Hall–Kier alpha value is -2.48. The van der Waals surface area contributed by atoms with E-state index < -0.39 is 10.0 Å². The van der Waals surface area contributed by atoms with E-state index in [1.807, 2.05) is 13.8 Å². The molecule has 0 fully saturated rings. The molecule has 0 spiro atoms. The van der Waals surface area contributed by atoms with Crippen LogP contribution in [-0.2, 0) is 20.6 Å². The molecular formula is C19H28N6O5S2. The zero-order valence-corrected chi connectivity index (χ0v) is 20.0. The highest BCUT2D eigenvalue weighted by atomic mass is 32.2. The Bertz CT molecular complexity index is 1000. The number of aliphatic hydroxyl groups is 1. The fraction of sp³-hybridized carbons (Fsp3) is 0.474. The lowest BCUT2D eigenvalue weighted by atomic mass is 10.0. The molecule has 2 rings (SSSR count). The molecule has 0 unspecified atom stereocenters. The van der Waals surface area contributed by atoms with Crippen LogP contribution in [0, 0.1) is 5.92 Å². The summed E-state index contributed by atoms with van der Waals surface area (Å²) < 4.78 is 25.5. The Morgan fingerprint density at radius 2 is 1.81 bits per heavy atom. The third-order valence-electron chi connectivity index (χ3n) is 3.98. The average molecular weight is 485 g/mol. The Morgan fingerprint density at radius 1 is 1.16 bits per heavy atom. The van der Waals surface area contributed by atoms with Gasteiger partial charge in [-0.05, 0) is 30.0 Å². The van der Waals surface area contributed by atoms with Crippen molar-refractivity contribution in [2.45, 2.75) is 37.2 Å². The maximum Gasteiger partial charge on any atom is 0.274 e. The van der Waals surface area contributed by atoms with Crippen LogP contribution in [0.25, 0.3) is 0 Å². The van der Waals surface area contributed by atoms with Crippen LogP contribution in [-0.4, -0.2) is 60.4 Å². The van der Waals surface area contributed by atoms with Gasteiger partial charge < -0.3 is 10.4 Å².